The van der Waals surface area contributed by atoms with Gasteiger partial charge in [0.15, 0.2) is 12.2 Å². The molecule has 0 heterocycles. The molecule has 5 atom stereocenters. The van der Waals surface area contributed by atoms with Gasteiger partial charge in [-0.15, -0.1) is 0 Å². The van der Waals surface area contributed by atoms with E-state index in [9.17, 15) is 43.2 Å². The molecule has 19 heteroatoms. The normalized spacial score (nSPS) is 14.5. The first-order valence-electron chi connectivity index (χ1n) is 44.1. The predicted molar refractivity (Wildman–Crippen MR) is 464 cm³/mol. The number of allylic oxidation sites excluding steroid dienone is 24. The lowest BCUT2D eigenvalue weighted by molar-refractivity contribution is -0.161. The number of esters is 4. The van der Waals surface area contributed by atoms with Gasteiger partial charge in [0.05, 0.1) is 26.4 Å². The van der Waals surface area contributed by atoms with Crippen molar-refractivity contribution in [3.05, 3.63) is 146 Å². The molecule has 642 valence electrons. The van der Waals surface area contributed by atoms with Crippen LogP contribution < -0.4 is 0 Å². The van der Waals surface area contributed by atoms with Crippen LogP contribution in [0, 0.1) is 0 Å². The fourth-order valence-corrected chi connectivity index (χ4v) is 13.2. The lowest BCUT2D eigenvalue weighted by Gasteiger charge is -2.21. The summed E-state index contributed by atoms with van der Waals surface area (Å²) >= 11 is 0. The van der Waals surface area contributed by atoms with E-state index >= 15 is 0 Å². The van der Waals surface area contributed by atoms with Gasteiger partial charge in [-0.3, -0.25) is 37.3 Å². The Labute approximate surface area is 681 Å². The van der Waals surface area contributed by atoms with E-state index in [0.717, 1.165) is 173 Å². The summed E-state index contributed by atoms with van der Waals surface area (Å²) in [5, 5.41) is 10.7. The van der Waals surface area contributed by atoms with Crippen LogP contribution in [0.4, 0.5) is 0 Å². The number of phosphoric ester groups is 2. The van der Waals surface area contributed by atoms with Gasteiger partial charge in [-0.25, -0.2) is 9.13 Å². The Morgan fingerprint density at radius 2 is 0.482 bits per heavy atom. The zero-order valence-corrected chi connectivity index (χ0v) is 72.3. The van der Waals surface area contributed by atoms with Crippen LogP contribution in [0.25, 0.3) is 0 Å². The maximum Gasteiger partial charge on any atom is 0.472 e. The average molecular weight is 1610 g/mol. The van der Waals surface area contributed by atoms with E-state index < -0.39 is 97.5 Å². The highest BCUT2D eigenvalue weighted by atomic mass is 31.2. The first-order chi connectivity index (χ1) is 54.7. The highest BCUT2D eigenvalue weighted by Gasteiger charge is 2.30. The Balaban J connectivity index is 5.46. The Kier molecular flexibility index (Phi) is 80.1. The van der Waals surface area contributed by atoms with Crippen LogP contribution in [0.5, 0.6) is 0 Å². The molecule has 0 saturated heterocycles. The average Bonchev–Trinajstić information content (AvgIpc) is 0.898. The number of aliphatic hydroxyl groups excluding tert-OH is 1. The number of carbonyl (C=O) groups is 4. The third-order valence-corrected chi connectivity index (χ3v) is 20.2. The lowest BCUT2D eigenvalue weighted by atomic mass is 10.0. The maximum atomic E-state index is 13.2. The van der Waals surface area contributed by atoms with Gasteiger partial charge in [-0.05, 0) is 141 Å². The molecule has 0 bridgehead atoms. The number of carbonyl (C=O) groups excluding carboxylic acids is 4. The molecule has 0 fully saturated rings. The van der Waals surface area contributed by atoms with E-state index in [1.54, 1.807) is 0 Å². The van der Waals surface area contributed by atoms with Crippen molar-refractivity contribution in [2.75, 3.05) is 39.6 Å². The number of rotatable bonds is 82. The highest BCUT2D eigenvalue weighted by molar-refractivity contribution is 7.47. The van der Waals surface area contributed by atoms with E-state index in [4.69, 9.17) is 37.0 Å². The molecule has 0 saturated carbocycles. The number of aliphatic hydroxyl groups is 1. The molecule has 0 radical (unpaired) electrons. The van der Waals surface area contributed by atoms with Crippen LogP contribution in [0.2, 0.25) is 0 Å². The molecule has 0 aromatic heterocycles. The van der Waals surface area contributed by atoms with E-state index in [1.165, 1.54) is 103 Å². The van der Waals surface area contributed by atoms with E-state index in [2.05, 4.69) is 155 Å². The number of phosphoric acid groups is 2. The predicted octanol–water partition coefficient (Wildman–Crippen LogP) is 26.6. The second kappa shape index (κ2) is 83.9. The van der Waals surface area contributed by atoms with Crippen LogP contribution in [0.1, 0.15) is 362 Å². The fraction of sp³-hybridized carbons (Fsp3) is 0.699. The number of ether oxygens (including phenoxy) is 4. The van der Waals surface area contributed by atoms with Crippen molar-refractivity contribution >= 4 is 39.5 Å². The summed E-state index contributed by atoms with van der Waals surface area (Å²) in [6.45, 7) is 4.65. The standard InChI is InChI=1S/C93H158O17P2/c1-5-9-13-17-21-25-29-33-37-40-43-46-50-53-57-61-65-69-73-77-90(95)103-83-88(109-92(97)79-75-71-67-63-59-55-49-36-32-28-24-20-16-12-8-4)85-107-111(99,100)105-81-87(94)82-106-112(101,102)108-86-89(110-93(98)80-76-72-68-64-60-56-52-48-45-42-39-35-31-27-23-19-15-11-7-3)84-104-91(96)78-74-70-66-62-58-54-51-47-44-41-38-34-30-26-22-18-14-10-6-2/h10,14,21-23,25-27,33-35,37-39,43-48,54,58,66,70,87-89,94H,5-9,11-13,15-20,24,28-32,36,40-42,49-53,55-57,59-65,67-69,71-86H2,1-4H3,(H,99,100)(H,101,102)/b14-10-,25-21-,26-22-,27-23-,37-33-,38-34-,39-35-,46-43-,47-44-,48-45-,58-54-,70-66-. The third kappa shape index (κ3) is 82.9. The topological polar surface area (TPSA) is 237 Å². The molecule has 0 amide bonds. The van der Waals surface area contributed by atoms with Gasteiger partial charge in [0.25, 0.3) is 0 Å². The minimum atomic E-state index is -5.01. The summed E-state index contributed by atoms with van der Waals surface area (Å²) in [7, 11) is -10.0. The Bertz CT molecular complexity index is 2690. The first-order valence-corrected chi connectivity index (χ1v) is 47.1. The fourth-order valence-electron chi connectivity index (χ4n) is 11.6. The van der Waals surface area contributed by atoms with Crippen molar-refractivity contribution in [1.82, 2.24) is 0 Å². The molecular formula is C93H158O17P2. The molecule has 0 rings (SSSR count). The Hall–Kier alpha value is -5.06. The first kappa shape index (κ1) is 107. The van der Waals surface area contributed by atoms with Gasteiger partial charge in [-0.2, -0.15) is 0 Å². The second-order valence-electron chi connectivity index (χ2n) is 29.1. The number of unbranched alkanes of at least 4 members (excludes halogenated alkanes) is 32. The third-order valence-electron chi connectivity index (χ3n) is 18.3. The van der Waals surface area contributed by atoms with Crippen LogP contribution in [0.15, 0.2) is 146 Å². The number of hydrogen-bond donors (Lipinski definition) is 3. The van der Waals surface area contributed by atoms with E-state index in [-0.39, 0.29) is 25.7 Å². The molecule has 0 aliphatic rings. The van der Waals surface area contributed by atoms with Crippen molar-refractivity contribution in [3.8, 4) is 0 Å². The maximum absolute atomic E-state index is 13.2. The molecule has 0 aliphatic heterocycles. The summed E-state index contributed by atoms with van der Waals surface area (Å²) in [6, 6.07) is 0. The zero-order valence-electron chi connectivity index (χ0n) is 70.6. The van der Waals surface area contributed by atoms with Crippen molar-refractivity contribution in [1.29, 1.82) is 0 Å². The molecule has 17 nitrogen and oxygen atoms in total. The monoisotopic (exact) mass is 1610 g/mol. The van der Waals surface area contributed by atoms with Crippen molar-refractivity contribution in [2.24, 2.45) is 0 Å². The smallest absolute Gasteiger partial charge is 0.462 e. The molecular weight excluding hydrogens is 1450 g/mol. The Morgan fingerprint density at radius 1 is 0.259 bits per heavy atom. The molecule has 112 heavy (non-hydrogen) atoms. The highest BCUT2D eigenvalue weighted by Crippen LogP contribution is 2.45. The minimum Gasteiger partial charge on any atom is -0.462 e. The van der Waals surface area contributed by atoms with Gasteiger partial charge in [0.1, 0.15) is 19.3 Å². The van der Waals surface area contributed by atoms with Gasteiger partial charge in [0, 0.05) is 25.7 Å². The lowest BCUT2D eigenvalue weighted by Crippen LogP contribution is -2.30. The molecule has 0 aliphatic carbocycles. The summed E-state index contributed by atoms with van der Waals surface area (Å²) < 4.78 is 68.8. The summed E-state index contributed by atoms with van der Waals surface area (Å²) in [4.78, 5) is 73.3. The summed E-state index contributed by atoms with van der Waals surface area (Å²) in [6.07, 6.45) is 98.1. The quantitative estimate of drug-likeness (QED) is 0.0169. The van der Waals surface area contributed by atoms with Gasteiger partial charge >= 0.3 is 39.5 Å². The van der Waals surface area contributed by atoms with E-state index in [1.807, 2.05) is 18.2 Å². The van der Waals surface area contributed by atoms with Crippen LogP contribution in [-0.4, -0.2) is 96.7 Å². The molecule has 0 spiro atoms. The SMILES string of the molecule is CC/C=C\C/C=C\C/C=C\C/C=C\C/C=C\C/C=C\CCC(=O)OCC(COP(=O)(O)OCC(O)COP(=O)(O)OCC(COC(=O)CCCCCCCC/C=C\C/C=C\C/C=C\CCCCC)OC(=O)CCCCCCCCCCCCCCCCC)OC(=O)CCCCCCCC/C=C\C/C=C\C/C=C\CCCCC. The summed E-state index contributed by atoms with van der Waals surface area (Å²) in [5.41, 5.74) is 0. The molecule has 0 aromatic rings. The van der Waals surface area contributed by atoms with Crippen LogP contribution in [0.3, 0.4) is 0 Å². The molecule has 5 unspecified atom stereocenters. The van der Waals surface area contributed by atoms with Crippen molar-refractivity contribution in [2.45, 2.75) is 380 Å². The van der Waals surface area contributed by atoms with Crippen LogP contribution in [-0.2, 0) is 65.4 Å². The van der Waals surface area contributed by atoms with Crippen molar-refractivity contribution < 1.29 is 80.2 Å². The minimum absolute atomic E-state index is 0.0297. The Morgan fingerprint density at radius 3 is 0.786 bits per heavy atom. The largest absolute Gasteiger partial charge is 0.472 e. The molecule has 3 N–H and O–H groups in total. The van der Waals surface area contributed by atoms with Gasteiger partial charge < -0.3 is 33.8 Å². The second-order valence-corrected chi connectivity index (χ2v) is 32.0. The van der Waals surface area contributed by atoms with Gasteiger partial charge in [0.2, 0.25) is 0 Å². The van der Waals surface area contributed by atoms with Crippen LogP contribution >= 0.6 is 15.6 Å². The zero-order chi connectivity index (χ0) is 81.7. The number of hydrogen-bond acceptors (Lipinski definition) is 15. The van der Waals surface area contributed by atoms with Crippen molar-refractivity contribution in [3.63, 3.8) is 0 Å². The van der Waals surface area contributed by atoms with Gasteiger partial charge in [-0.1, -0.05) is 340 Å². The molecule has 0 aromatic carbocycles. The summed E-state index contributed by atoms with van der Waals surface area (Å²) in [5.74, 6) is -2.29. The van der Waals surface area contributed by atoms with E-state index in [0.29, 0.717) is 32.1 Å².